The minimum Gasteiger partial charge on any atom is -0.335 e. The summed E-state index contributed by atoms with van der Waals surface area (Å²) in [6.07, 6.45) is 2.67. The van der Waals surface area contributed by atoms with Gasteiger partial charge in [0.25, 0.3) is 5.91 Å². The zero-order chi connectivity index (χ0) is 12.8. The number of benzene rings is 1. The number of thiol groups is 1. The molecular weight excluding hydrogens is 298 g/mol. The van der Waals surface area contributed by atoms with Crippen LogP contribution >= 0.6 is 28.6 Å². The summed E-state index contributed by atoms with van der Waals surface area (Å²) < 4.78 is 0.797. The fourth-order valence-electron chi connectivity index (χ4n) is 1.55. The lowest BCUT2D eigenvalue weighted by Crippen LogP contribution is -2.32. The molecule has 1 amide bonds. The van der Waals surface area contributed by atoms with Crippen LogP contribution in [0.3, 0.4) is 0 Å². The molecule has 0 bridgehead atoms. The summed E-state index contributed by atoms with van der Waals surface area (Å²) in [6.45, 7) is 7.02. The number of nitrogens with zero attached hydrogens (tertiary/aromatic N) is 1. The van der Waals surface area contributed by atoms with Gasteiger partial charge < -0.3 is 4.90 Å². The highest BCUT2D eigenvalue weighted by Crippen LogP contribution is 2.22. The molecule has 0 aliphatic rings. The minimum atomic E-state index is 0.00882. The number of rotatable bonds is 5. The third-order valence-corrected chi connectivity index (χ3v) is 3.28. The first-order valence-electron chi connectivity index (χ1n) is 5.48. The molecule has 0 N–H and O–H groups in total. The van der Waals surface area contributed by atoms with Gasteiger partial charge in [0.15, 0.2) is 0 Å². The van der Waals surface area contributed by atoms with E-state index in [9.17, 15) is 4.79 Å². The topological polar surface area (TPSA) is 20.3 Å². The van der Waals surface area contributed by atoms with Crippen LogP contribution in [0, 0.1) is 0 Å². The minimum absolute atomic E-state index is 0.00882. The number of carbonyl (C=O) groups is 1. The maximum Gasteiger partial charge on any atom is 0.255 e. The van der Waals surface area contributed by atoms with Crippen LogP contribution in [0.2, 0.25) is 0 Å². The van der Waals surface area contributed by atoms with E-state index in [0.29, 0.717) is 12.1 Å². The molecule has 0 spiro atoms. The second-order valence-electron chi connectivity index (χ2n) is 3.70. The molecule has 4 heteroatoms. The van der Waals surface area contributed by atoms with Crippen LogP contribution in [0.25, 0.3) is 0 Å². The smallest absolute Gasteiger partial charge is 0.255 e. The fraction of sp³-hybridized carbons (Fsp3) is 0.308. The summed E-state index contributed by atoms with van der Waals surface area (Å²) in [5, 5.41) is 0. The van der Waals surface area contributed by atoms with Gasteiger partial charge in [-0.15, -0.1) is 19.2 Å². The van der Waals surface area contributed by atoms with Crippen LogP contribution in [0.4, 0.5) is 0 Å². The van der Waals surface area contributed by atoms with Gasteiger partial charge >= 0.3 is 0 Å². The monoisotopic (exact) mass is 313 g/mol. The lowest BCUT2D eigenvalue weighted by molar-refractivity contribution is 0.0773. The van der Waals surface area contributed by atoms with E-state index in [0.717, 1.165) is 22.3 Å². The van der Waals surface area contributed by atoms with E-state index in [2.05, 4.69) is 35.1 Å². The molecule has 1 aromatic carbocycles. The number of hydrogen-bond donors (Lipinski definition) is 1. The lowest BCUT2D eigenvalue weighted by atomic mass is 10.2. The number of hydrogen-bond acceptors (Lipinski definition) is 2. The van der Waals surface area contributed by atoms with Crippen molar-refractivity contribution in [1.29, 1.82) is 0 Å². The van der Waals surface area contributed by atoms with Crippen LogP contribution in [0.1, 0.15) is 23.7 Å². The van der Waals surface area contributed by atoms with Crippen molar-refractivity contribution in [3.05, 3.63) is 40.9 Å². The Hall–Kier alpha value is -0.740. The summed E-state index contributed by atoms with van der Waals surface area (Å²) >= 11 is 7.65. The molecule has 2 nitrogen and oxygen atoms in total. The molecule has 0 atom stereocenters. The van der Waals surface area contributed by atoms with Crippen molar-refractivity contribution in [2.24, 2.45) is 0 Å². The Balaban J connectivity index is 2.99. The van der Waals surface area contributed by atoms with E-state index in [-0.39, 0.29) is 5.91 Å². The number of amides is 1. The molecule has 0 saturated heterocycles. The maximum absolute atomic E-state index is 12.3. The molecule has 0 saturated carbocycles. The van der Waals surface area contributed by atoms with Crippen molar-refractivity contribution in [2.45, 2.75) is 18.2 Å². The van der Waals surface area contributed by atoms with E-state index < -0.39 is 0 Å². The van der Waals surface area contributed by atoms with E-state index in [1.165, 1.54) is 0 Å². The third kappa shape index (κ3) is 3.89. The number of halogens is 1. The van der Waals surface area contributed by atoms with Crippen molar-refractivity contribution in [3.8, 4) is 0 Å². The standard InChI is InChI=1S/C13H16BrNOS/c1-3-7-15(8-4-2)13(16)11-9-10(17)5-6-12(11)14/h3,5-6,9,17H,1,4,7-8H2,2H3. The van der Waals surface area contributed by atoms with Gasteiger partial charge in [-0.1, -0.05) is 13.0 Å². The predicted octanol–water partition coefficient (Wildman–Crippen LogP) is 3.78. The van der Waals surface area contributed by atoms with Crippen molar-refractivity contribution in [1.82, 2.24) is 4.90 Å². The second-order valence-corrected chi connectivity index (χ2v) is 5.07. The highest BCUT2D eigenvalue weighted by Gasteiger charge is 2.16. The summed E-state index contributed by atoms with van der Waals surface area (Å²) in [4.78, 5) is 14.9. The van der Waals surface area contributed by atoms with Gasteiger partial charge in [0.2, 0.25) is 0 Å². The van der Waals surface area contributed by atoms with E-state index in [4.69, 9.17) is 0 Å². The van der Waals surface area contributed by atoms with Crippen LogP contribution in [0.15, 0.2) is 40.2 Å². The quantitative estimate of drug-likeness (QED) is 0.648. The summed E-state index contributed by atoms with van der Waals surface area (Å²) in [5.41, 5.74) is 0.646. The maximum atomic E-state index is 12.3. The molecule has 0 heterocycles. The Morgan fingerprint density at radius 3 is 2.88 bits per heavy atom. The highest BCUT2D eigenvalue weighted by molar-refractivity contribution is 9.10. The zero-order valence-corrected chi connectivity index (χ0v) is 12.3. The fourth-order valence-corrected chi connectivity index (χ4v) is 2.17. The van der Waals surface area contributed by atoms with Gasteiger partial charge in [0, 0.05) is 22.5 Å². The van der Waals surface area contributed by atoms with Gasteiger partial charge in [-0.05, 0) is 40.5 Å². The van der Waals surface area contributed by atoms with Crippen molar-refractivity contribution >= 4 is 34.5 Å². The Labute approximate surface area is 116 Å². The highest BCUT2D eigenvalue weighted by atomic mass is 79.9. The van der Waals surface area contributed by atoms with Gasteiger partial charge in [0.1, 0.15) is 0 Å². The van der Waals surface area contributed by atoms with Crippen molar-refractivity contribution in [3.63, 3.8) is 0 Å². The second kappa shape index (κ2) is 6.87. The van der Waals surface area contributed by atoms with E-state index in [1.807, 2.05) is 19.1 Å². The van der Waals surface area contributed by atoms with Crippen LogP contribution < -0.4 is 0 Å². The molecule has 1 rings (SSSR count). The first-order valence-corrected chi connectivity index (χ1v) is 6.72. The summed E-state index contributed by atoms with van der Waals surface area (Å²) in [6, 6.07) is 5.47. The average molecular weight is 314 g/mol. The van der Waals surface area contributed by atoms with E-state index in [1.54, 1.807) is 17.0 Å². The third-order valence-electron chi connectivity index (χ3n) is 2.31. The summed E-state index contributed by atoms with van der Waals surface area (Å²) in [7, 11) is 0. The average Bonchev–Trinajstić information content (AvgIpc) is 2.31. The SMILES string of the molecule is C=CCN(CCC)C(=O)c1cc(S)ccc1Br. The molecule has 0 aliphatic carbocycles. The molecular formula is C13H16BrNOS. The molecule has 0 unspecified atom stereocenters. The Bertz CT molecular complexity index is 420. The predicted molar refractivity (Wildman–Crippen MR) is 77.8 cm³/mol. The number of carbonyl (C=O) groups excluding carboxylic acids is 1. The summed E-state index contributed by atoms with van der Waals surface area (Å²) in [5.74, 6) is 0.00882. The van der Waals surface area contributed by atoms with Gasteiger partial charge in [-0.3, -0.25) is 4.79 Å². The van der Waals surface area contributed by atoms with Crippen molar-refractivity contribution in [2.75, 3.05) is 13.1 Å². The van der Waals surface area contributed by atoms with Crippen molar-refractivity contribution < 1.29 is 4.79 Å². The molecule has 17 heavy (non-hydrogen) atoms. The molecule has 0 aromatic heterocycles. The Morgan fingerprint density at radius 1 is 1.59 bits per heavy atom. The van der Waals surface area contributed by atoms with Crippen LogP contribution in [0.5, 0.6) is 0 Å². The molecule has 92 valence electrons. The zero-order valence-electron chi connectivity index (χ0n) is 9.82. The molecule has 0 radical (unpaired) electrons. The Morgan fingerprint density at radius 2 is 2.29 bits per heavy atom. The lowest BCUT2D eigenvalue weighted by Gasteiger charge is -2.21. The van der Waals surface area contributed by atoms with E-state index >= 15 is 0 Å². The Kier molecular flexibility index (Phi) is 5.78. The normalized spacial score (nSPS) is 10.1. The van der Waals surface area contributed by atoms with Gasteiger partial charge in [0.05, 0.1) is 5.56 Å². The van der Waals surface area contributed by atoms with Crippen LogP contribution in [-0.2, 0) is 0 Å². The first kappa shape index (κ1) is 14.3. The molecule has 0 aliphatic heterocycles. The first-order chi connectivity index (χ1) is 8.10. The molecule has 0 fully saturated rings. The molecule has 1 aromatic rings. The van der Waals surface area contributed by atoms with Gasteiger partial charge in [-0.2, -0.15) is 0 Å². The largest absolute Gasteiger partial charge is 0.335 e. The van der Waals surface area contributed by atoms with Gasteiger partial charge in [-0.25, -0.2) is 0 Å². The van der Waals surface area contributed by atoms with Crippen LogP contribution in [-0.4, -0.2) is 23.9 Å².